The van der Waals surface area contributed by atoms with Gasteiger partial charge in [0.05, 0.1) is 10.6 Å². The molecule has 2 aromatic carbocycles. The van der Waals surface area contributed by atoms with Crippen molar-refractivity contribution in [1.29, 1.82) is 0 Å². The normalized spacial score (nSPS) is 10.7. The second-order valence-electron chi connectivity index (χ2n) is 5.21. The van der Waals surface area contributed by atoms with E-state index in [-0.39, 0.29) is 6.61 Å². The van der Waals surface area contributed by atoms with E-state index in [1.807, 2.05) is 24.3 Å². The quantitative estimate of drug-likeness (QED) is 0.672. The molecule has 0 spiro atoms. The Bertz CT molecular complexity index is 636. The summed E-state index contributed by atoms with van der Waals surface area (Å²) in [6, 6.07) is 12.8. The molecule has 2 N–H and O–H groups in total. The number of carbonyl (C=O) groups excluding carboxylic acids is 1. The largest absolute Gasteiger partial charge is 0.457 e. The molecule has 0 bridgehead atoms. The molecule has 0 amide bonds. The zero-order chi connectivity index (χ0) is 15.4. The predicted octanol–water partition coefficient (Wildman–Crippen LogP) is 4.40. The molecule has 0 aliphatic carbocycles. The third-order valence-electron chi connectivity index (χ3n) is 3.23. The number of hydrogen-bond donors (Lipinski definition) is 1. The summed E-state index contributed by atoms with van der Waals surface area (Å²) in [5.41, 5.74) is 8.63. The van der Waals surface area contributed by atoms with E-state index < -0.39 is 5.97 Å². The van der Waals surface area contributed by atoms with Gasteiger partial charge in [-0.15, -0.1) is 0 Å². The summed E-state index contributed by atoms with van der Waals surface area (Å²) in [7, 11) is 0. The van der Waals surface area contributed by atoms with Crippen LogP contribution in [0.2, 0.25) is 5.02 Å². The molecule has 0 aliphatic rings. The van der Waals surface area contributed by atoms with Gasteiger partial charge in [0, 0.05) is 5.69 Å². The second-order valence-corrected chi connectivity index (χ2v) is 5.62. The van der Waals surface area contributed by atoms with E-state index >= 15 is 0 Å². The Kier molecular flexibility index (Phi) is 4.86. The topological polar surface area (TPSA) is 52.3 Å². The minimum Gasteiger partial charge on any atom is -0.457 e. The Morgan fingerprint density at radius 3 is 2.43 bits per heavy atom. The first-order valence-electron chi connectivity index (χ1n) is 6.78. The van der Waals surface area contributed by atoms with Crippen LogP contribution in [0, 0.1) is 0 Å². The number of halogens is 1. The van der Waals surface area contributed by atoms with Gasteiger partial charge in [0.1, 0.15) is 6.61 Å². The highest BCUT2D eigenvalue weighted by Gasteiger charge is 2.12. The Labute approximate surface area is 129 Å². The monoisotopic (exact) mass is 303 g/mol. The summed E-state index contributed by atoms with van der Waals surface area (Å²) in [6.07, 6.45) is 0. The van der Waals surface area contributed by atoms with Gasteiger partial charge in [-0.1, -0.05) is 49.7 Å². The fourth-order valence-electron chi connectivity index (χ4n) is 1.92. The number of anilines is 1. The molecule has 21 heavy (non-hydrogen) atoms. The van der Waals surface area contributed by atoms with Crippen LogP contribution < -0.4 is 5.73 Å². The van der Waals surface area contributed by atoms with Gasteiger partial charge in [0.25, 0.3) is 0 Å². The van der Waals surface area contributed by atoms with Gasteiger partial charge in [-0.3, -0.25) is 0 Å². The van der Waals surface area contributed by atoms with Crippen molar-refractivity contribution in [2.75, 3.05) is 5.73 Å². The van der Waals surface area contributed by atoms with Crippen molar-refractivity contribution in [2.45, 2.75) is 26.4 Å². The molecule has 0 radical (unpaired) electrons. The molecule has 110 valence electrons. The maximum atomic E-state index is 12.0. The van der Waals surface area contributed by atoms with Crippen LogP contribution in [0.25, 0.3) is 0 Å². The van der Waals surface area contributed by atoms with E-state index in [1.165, 1.54) is 11.6 Å². The van der Waals surface area contributed by atoms with E-state index in [0.717, 1.165) is 5.56 Å². The predicted molar refractivity (Wildman–Crippen MR) is 85.5 cm³/mol. The van der Waals surface area contributed by atoms with Crippen molar-refractivity contribution in [3.05, 3.63) is 64.2 Å². The Hall–Kier alpha value is -2.00. The second kappa shape index (κ2) is 6.64. The van der Waals surface area contributed by atoms with Crippen LogP contribution in [-0.4, -0.2) is 5.97 Å². The van der Waals surface area contributed by atoms with Crippen molar-refractivity contribution >= 4 is 23.3 Å². The molecule has 0 unspecified atom stereocenters. The fraction of sp³-hybridized carbons (Fsp3) is 0.235. The zero-order valence-electron chi connectivity index (χ0n) is 12.1. The molecule has 2 aromatic rings. The van der Waals surface area contributed by atoms with Gasteiger partial charge >= 0.3 is 5.97 Å². The molecular formula is C17H18ClNO2. The van der Waals surface area contributed by atoms with E-state index in [0.29, 0.717) is 22.2 Å². The molecule has 2 rings (SSSR count). The first kappa shape index (κ1) is 15.4. The number of nitrogen functional groups attached to an aromatic ring is 1. The molecule has 0 saturated carbocycles. The Morgan fingerprint density at radius 1 is 1.19 bits per heavy atom. The summed E-state index contributed by atoms with van der Waals surface area (Å²) in [5, 5.41) is 0.301. The van der Waals surface area contributed by atoms with Crippen LogP contribution in [0.3, 0.4) is 0 Å². The Balaban J connectivity index is 2.00. The van der Waals surface area contributed by atoms with Crippen molar-refractivity contribution in [1.82, 2.24) is 0 Å². The highest BCUT2D eigenvalue weighted by molar-refractivity contribution is 6.33. The van der Waals surface area contributed by atoms with Crippen LogP contribution in [0.4, 0.5) is 5.69 Å². The number of rotatable bonds is 4. The SMILES string of the molecule is CC(C)c1ccc(COC(=O)c2ccc(N)cc2Cl)cc1. The summed E-state index contributed by atoms with van der Waals surface area (Å²) in [6.45, 7) is 4.49. The third-order valence-corrected chi connectivity index (χ3v) is 3.54. The van der Waals surface area contributed by atoms with Crippen LogP contribution >= 0.6 is 11.6 Å². The number of carbonyl (C=O) groups is 1. The molecule has 0 heterocycles. The molecule has 4 heteroatoms. The molecular weight excluding hydrogens is 286 g/mol. The standard InChI is InChI=1S/C17H18ClNO2/c1-11(2)13-5-3-12(4-6-13)10-21-17(20)15-8-7-14(19)9-16(15)18/h3-9,11H,10,19H2,1-2H3. The van der Waals surface area contributed by atoms with Crippen molar-refractivity contribution in [3.63, 3.8) is 0 Å². The number of hydrogen-bond acceptors (Lipinski definition) is 3. The van der Waals surface area contributed by atoms with Crippen molar-refractivity contribution < 1.29 is 9.53 Å². The van der Waals surface area contributed by atoms with Gasteiger partial charge in [-0.2, -0.15) is 0 Å². The number of esters is 1. The van der Waals surface area contributed by atoms with E-state index in [9.17, 15) is 4.79 Å². The molecule has 0 fully saturated rings. The number of ether oxygens (including phenoxy) is 1. The van der Waals surface area contributed by atoms with E-state index in [2.05, 4.69) is 13.8 Å². The van der Waals surface area contributed by atoms with Gasteiger partial charge in [0.2, 0.25) is 0 Å². The summed E-state index contributed by atoms with van der Waals surface area (Å²) in [5.74, 6) is 0.0307. The van der Waals surface area contributed by atoms with Gasteiger partial charge in [0.15, 0.2) is 0 Å². The van der Waals surface area contributed by atoms with Gasteiger partial charge in [-0.25, -0.2) is 4.79 Å². The van der Waals surface area contributed by atoms with Crippen molar-refractivity contribution in [2.24, 2.45) is 0 Å². The van der Waals surface area contributed by atoms with E-state index in [1.54, 1.807) is 12.1 Å². The highest BCUT2D eigenvalue weighted by atomic mass is 35.5. The lowest BCUT2D eigenvalue weighted by molar-refractivity contribution is 0.0473. The average Bonchev–Trinajstić information content (AvgIpc) is 2.45. The van der Waals surface area contributed by atoms with Gasteiger partial charge in [-0.05, 0) is 35.2 Å². The number of nitrogens with two attached hydrogens (primary N) is 1. The van der Waals surface area contributed by atoms with Crippen LogP contribution in [0.1, 0.15) is 41.3 Å². The van der Waals surface area contributed by atoms with Crippen molar-refractivity contribution in [3.8, 4) is 0 Å². The summed E-state index contributed by atoms with van der Waals surface area (Å²) in [4.78, 5) is 12.0. The fourth-order valence-corrected chi connectivity index (χ4v) is 2.19. The minimum atomic E-state index is -0.451. The van der Waals surface area contributed by atoms with Crippen LogP contribution in [0.5, 0.6) is 0 Å². The summed E-state index contributed by atoms with van der Waals surface area (Å²) < 4.78 is 5.27. The average molecular weight is 304 g/mol. The molecule has 0 aromatic heterocycles. The highest BCUT2D eigenvalue weighted by Crippen LogP contribution is 2.21. The molecule has 0 aliphatic heterocycles. The maximum Gasteiger partial charge on any atom is 0.339 e. The molecule has 0 saturated heterocycles. The van der Waals surface area contributed by atoms with Crippen LogP contribution in [-0.2, 0) is 11.3 Å². The first-order chi connectivity index (χ1) is 9.97. The smallest absolute Gasteiger partial charge is 0.339 e. The molecule has 3 nitrogen and oxygen atoms in total. The summed E-state index contributed by atoms with van der Waals surface area (Å²) >= 11 is 5.98. The van der Waals surface area contributed by atoms with Gasteiger partial charge < -0.3 is 10.5 Å². The third kappa shape index (κ3) is 3.99. The Morgan fingerprint density at radius 2 is 1.86 bits per heavy atom. The lowest BCUT2D eigenvalue weighted by Crippen LogP contribution is -2.06. The zero-order valence-corrected chi connectivity index (χ0v) is 12.9. The lowest BCUT2D eigenvalue weighted by Gasteiger charge is -2.09. The number of benzene rings is 2. The van der Waals surface area contributed by atoms with E-state index in [4.69, 9.17) is 22.1 Å². The van der Waals surface area contributed by atoms with Crippen LogP contribution in [0.15, 0.2) is 42.5 Å². The lowest BCUT2D eigenvalue weighted by atomic mass is 10.0. The molecule has 0 atom stereocenters. The maximum absolute atomic E-state index is 12.0. The minimum absolute atomic E-state index is 0.220. The first-order valence-corrected chi connectivity index (χ1v) is 7.16.